The van der Waals surface area contributed by atoms with E-state index in [0.717, 1.165) is 0 Å². The van der Waals surface area contributed by atoms with Crippen molar-refractivity contribution in [2.24, 2.45) is 11.5 Å². The van der Waals surface area contributed by atoms with Gasteiger partial charge in [-0.05, 0) is 55.4 Å². The number of hydrogen-bond donors (Lipinski definition) is 4. The van der Waals surface area contributed by atoms with Gasteiger partial charge in [-0.2, -0.15) is 0 Å². The average molecular weight is 402 g/mol. The van der Waals surface area contributed by atoms with E-state index in [1.807, 2.05) is 0 Å². The summed E-state index contributed by atoms with van der Waals surface area (Å²) in [5.41, 5.74) is 7.31. The number of carbonyl (C=O) groups is 4. The molecule has 0 aromatic carbocycles. The highest BCUT2D eigenvalue weighted by Gasteiger charge is 2.32. The Kier molecular flexibility index (Phi) is 8.17. The lowest BCUT2D eigenvalue weighted by Crippen LogP contribution is -2.57. The smallest absolute Gasteiger partial charge is 0.417 e. The third-order valence-electron chi connectivity index (χ3n) is 3.37. The maximum absolute atomic E-state index is 11.9. The van der Waals surface area contributed by atoms with Crippen molar-refractivity contribution in [2.75, 3.05) is 13.2 Å². The lowest BCUT2D eigenvalue weighted by atomic mass is 10.0. The molecule has 0 aromatic rings. The van der Waals surface area contributed by atoms with Crippen LogP contribution in [0, 0.1) is 0 Å². The van der Waals surface area contributed by atoms with E-state index in [-0.39, 0.29) is 13.2 Å². The fourth-order valence-corrected chi connectivity index (χ4v) is 1.62. The number of nitrogens with two attached hydrogens (primary N) is 2. The van der Waals surface area contributed by atoms with E-state index in [4.69, 9.17) is 20.9 Å². The first-order valence-electron chi connectivity index (χ1n) is 8.84. The largest absolute Gasteiger partial charge is 0.455 e. The quantitative estimate of drug-likeness (QED) is 0.307. The molecule has 0 aliphatic carbocycles. The Labute approximate surface area is 166 Å². The highest BCUT2D eigenvalue weighted by atomic mass is 16.6. The van der Waals surface area contributed by atoms with Crippen molar-refractivity contribution >= 4 is 23.8 Å². The third kappa shape index (κ3) is 9.65. The molecule has 0 aliphatic heterocycles. The van der Waals surface area contributed by atoms with Gasteiger partial charge in [0, 0.05) is 0 Å². The number of nitrogens with one attached hydrogen (secondary N) is 2. The van der Waals surface area contributed by atoms with Gasteiger partial charge in [-0.3, -0.25) is 9.59 Å². The van der Waals surface area contributed by atoms with Crippen LogP contribution >= 0.6 is 0 Å². The molecule has 0 aliphatic rings. The topological polar surface area (TPSA) is 163 Å². The lowest BCUT2D eigenvalue weighted by Gasteiger charge is -2.30. The van der Waals surface area contributed by atoms with E-state index in [2.05, 4.69) is 10.6 Å². The fraction of sp³-hybridized carbons (Fsp3) is 0.778. The molecule has 0 atom stereocenters. The minimum Gasteiger partial charge on any atom is -0.455 e. The molecule has 0 fully saturated rings. The van der Waals surface area contributed by atoms with Crippen molar-refractivity contribution in [1.29, 1.82) is 0 Å². The molecule has 6 N–H and O–H groups in total. The second-order valence-corrected chi connectivity index (χ2v) is 9.27. The normalized spacial score (nSPS) is 12.8. The summed E-state index contributed by atoms with van der Waals surface area (Å²) < 4.78 is 9.81. The van der Waals surface area contributed by atoms with E-state index < -0.39 is 45.9 Å². The molecule has 0 radical (unpaired) electrons. The lowest BCUT2D eigenvalue weighted by molar-refractivity contribution is -0.170. The van der Waals surface area contributed by atoms with E-state index >= 15 is 0 Å². The van der Waals surface area contributed by atoms with Crippen molar-refractivity contribution < 1.29 is 28.7 Å². The molecule has 0 spiro atoms. The van der Waals surface area contributed by atoms with Crippen LogP contribution in [0.5, 0.6) is 0 Å². The van der Waals surface area contributed by atoms with E-state index in [0.29, 0.717) is 0 Å². The predicted molar refractivity (Wildman–Crippen MR) is 103 cm³/mol. The highest BCUT2D eigenvalue weighted by molar-refractivity contribution is 6.29. The summed E-state index contributed by atoms with van der Waals surface area (Å²) >= 11 is 0. The van der Waals surface area contributed by atoms with Crippen LogP contribution in [0.15, 0.2) is 0 Å². The standard InChI is InChI=1S/C18H34N4O6/c1-15(2,21-13(25)17(5,6)19)9-27-11(23)12(24)28-10-16(3,4)22-14(26)18(7,8)20/h9-10,19-20H2,1-8H3,(H,21,25)(H,22,26). The summed E-state index contributed by atoms with van der Waals surface area (Å²) in [5.74, 6) is -3.29. The van der Waals surface area contributed by atoms with Crippen molar-refractivity contribution in [3.8, 4) is 0 Å². The summed E-state index contributed by atoms with van der Waals surface area (Å²) in [4.78, 5) is 47.5. The van der Waals surface area contributed by atoms with E-state index in [9.17, 15) is 19.2 Å². The van der Waals surface area contributed by atoms with Crippen molar-refractivity contribution in [1.82, 2.24) is 10.6 Å². The van der Waals surface area contributed by atoms with Crippen LogP contribution in [0.1, 0.15) is 55.4 Å². The van der Waals surface area contributed by atoms with Crippen LogP contribution in [-0.2, 0) is 28.7 Å². The molecular formula is C18H34N4O6. The molecule has 0 aromatic heterocycles. The molecule has 0 heterocycles. The van der Waals surface area contributed by atoms with Crippen molar-refractivity contribution in [3.63, 3.8) is 0 Å². The van der Waals surface area contributed by atoms with Crippen LogP contribution in [0.25, 0.3) is 0 Å². The van der Waals surface area contributed by atoms with Gasteiger partial charge in [-0.25, -0.2) is 9.59 Å². The summed E-state index contributed by atoms with van der Waals surface area (Å²) in [6.45, 7) is 12.1. The molecule has 28 heavy (non-hydrogen) atoms. The zero-order valence-electron chi connectivity index (χ0n) is 18.0. The van der Waals surface area contributed by atoms with Crippen molar-refractivity contribution in [3.05, 3.63) is 0 Å². The minimum absolute atomic E-state index is 0.260. The molecule has 0 unspecified atom stereocenters. The molecule has 162 valence electrons. The third-order valence-corrected chi connectivity index (χ3v) is 3.37. The van der Waals surface area contributed by atoms with Gasteiger partial charge in [0.15, 0.2) is 0 Å². The van der Waals surface area contributed by atoms with Crippen LogP contribution in [0.3, 0.4) is 0 Å². The van der Waals surface area contributed by atoms with Gasteiger partial charge >= 0.3 is 11.9 Å². The Balaban J connectivity index is 4.59. The number of rotatable bonds is 8. The number of esters is 2. The number of amides is 2. The van der Waals surface area contributed by atoms with Crippen molar-refractivity contribution in [2.45, 2.75) is 77.5 Å². The van der Waals surface area contributed by atoms with Crippen LogP contribution < -0.4 is 22.1 Å². The second kappa shape index (κ2) is 8.87. The zero-order valence-corrected chi connectivity index (χ0v) is 18.0. The number of carbonyl (C=O) groups excluding carboxylic acids is 4. The average Bonchev–Trinajstić information content (AvgIpc) is 2.47. The summed E-state index contributed by atoms with van der Waals surface area (Å²) in [6.07, 6.45) is 0. The van der Waals surface area contributed by atoms with E-state index in [1.165, 1.54) is 27.7 Å². The predicted octanol–water partition coefficient (Wildman–Crippen LogP) is -0.663. The molecule has 0 bridgehead atoms. The molecule has 10 heteroatoms. The molecule has 10 nitrogen and oxygen atoms in total. The highest BCUT2D eigenvalue weighted by Crippen LogP contribution is 2.09. The monoisotopic (exact) mass is 402 g/mol. The molecule has 2 amide bonds. The Morgan fingerprint density at radius 1 is 0.643 bits per heavy atom. The summed E-state index contributed by atoms with van der Waals surface area (Å²) in [5, 5.41) is 5.26. The second-order valence-electron chi connectivity index (χ2n) is 9.27. The van der Waals surface area contributed by atoms with Gasteiger partial charge in [0.1, 0.15) is 13.2 Å². The van der Waals surface area contributed by atoms with E-state index in [1.54, 1.807) is 27.7 Å². The Morgan fingerprint density at radius 3 is 1.11 bits per heavy atom. The summed E-state index contributed by atoms with van der Waals surface area (Å²) in [7, 11) is 0. The SMILES string of the molecule is CC(C)(COC(=O)C(=O)OCC(C)(C)NC(=O)C(C)(C)N)NC(=O)C(C)(C)N. The Morgan fingerprint density at radius 2 is 0.893 bits per heavy atom. The first-order valence-corrected chi connectivity index (χ1v) is 8.84. The first-order chi connectivity index (χ1) is 12.3. The minimum atomic E-state index is -1.21. The maximum atomic E-state index is 11.9. The molecule has 0 saturated carbocycles. The van der Waals surface area contributed by atoms with Gasteiger partial charge in [0.25, 0.3) is 0 Å². The zero-order chi connectivity index (χ0) is 22.6. The van der Waals surface area contributed by atoms with Gasteiger partial charge in [-0.15, -0.1) is 0 Å². The molecule has 0 rings (SSSR count). The summed E-state index contributed by atoms with van der Waals surface area (Å²) in [6, 6.07) is 0. The Bertz CT molecular complexity index is 561. The number of ether oxygens (including phenoxy) is 2. The van der Waals surface area contributed by atoms with Crippen LogP contribution in [0.2, 0.25) is 0 Å². The maximum Gasteiger partial charge on any atom is 0.417 e. The van der Waals surface area contributed by atoms with Gasteiger partial charge in [0.05, 0.1) is 22.2 Å². The van der Waals surface area contributed by atoms with Gasteiger partial charge in [-0.1, -0.05) is 0 Å². The first kappa shape index (κ1) is 25.8. The fourth-order valence-electron chi connectivity index (χ4n) is 1.62. The van der Waals surface area contributed by atoms with Gasteiger partial charge in [0.2, 0.25) is 11.8 Å². The van der Waals surface area contributed by atoms with Crippen LogP contribution in [0.4, 0.5) is 0 Å². The van der Waals surface area contributed by atoms with Gasteiger partial charge < -0.3 is 31.6 Å². The van der Waals surface area contributed by atoms with Crippen LogP contribution in [-0.4, -0.2) is 59.1 Å². The molecule has 0 saturated heterocycles. The number of hydrogen-bond acceptors (Lipinski definition) is 8. The molecular weight excluding hydrogens is 368 g/mol. The Hall–Kier alpha value is -2.20.